The van der Waals surface area contributed by atoms with Crippen molar-refractivity contribution in [3.8, 4) is 0 Å². The van der Waals surface area contributed by atoms with Gasteiger partial charge in [-0.25, -0.2) is 13.6 Å². The largest absolute Gasteiger partial charge is 0.478 e. The van der Waals surface area contributed by atoms with Gasteiger partial charge in [0.05, 0.1) is 10.5 Å². The van der Waals surface area contributed by atoms with E-state index in [1.165, 1.54) is 0 Å². The van der Waals surface area contributed by atoms with Gasteiger partial charge in [-0.15, -0.1) is 0 Å². The third-order valence-corrected chi connectivity index (χ3v) is 3.99. The van der Waals surface area contributed by atoms with Crippen LogP contribution in [0.5, 0.6) is 0 Å². The van der Waals surface area contributed by atoms with Crippen LogP contribution >= 0.6 is 11.8 Å². The maximum absolute atomic E-state index is 13.6. The molecule has 6 heteroatoms. The molecule has 0 aliphatic carbocycles. The van der Waals surface area contributed by atoms with Gasteiger partial charge in [0.1, 0.15) is 11.6 Å². The molecule has 0 aliphatic heterocycles. The fraction of sp³-hybridized carbons (Fsp3) is 0.429. The highest BCUT2D eigenvalue weighted by molar-refractivity contribution is 8.13. The van der Waals surface area contributed by atoms with Crippen molar-refractivity contribution in [1.29, 1.82) is 0 Å². The lowest BCUT2D eigenvalue weighted by Gasteiger charge is -2.10. The molecule has 20 heavy (non-hydrogen) atoms. The highest BCUT2D eigenvalue weighted by Crippen LogP contribution is 2.29. The average molecular weight is 302 g/mol. The van der Waals surface area contributed by atoms with Crippen LogP contribution in [0.1, 0.15) is 43.5 Å². The van der Waals surface area contributed by atoms with Gasteiger partial charge >= 0.3 is 5.97 Å². The van der Waals surface area contributed by atoms with E-state index in [1.807, 2.05) is 6.92 Å². The van der Waals surface area contributed by atoms with Crippen LogP contribution in [-0.2, 0) is 4.79 Å². The van der Waals surface area contributed by atoms with Crippen molar-refractivity contribution in [2.24, 2.45) is 5.92 Å². The number of carboxylic acids is 1. The molecule has 1 unspecified atom stereocenters. The number of hydrogen-bond donors (Lipinski definition) is 1. The van der Waals surface area contributed by atoms with Crippen molar-refractivity contribution in [2.75, 3.05) is 0 Å². The first-order valence-corrected chi connectivity index (χ1v) is 7.12. The van der Waals surface area contributed by atoms with Crippen LogP contribution in [0.4, 0.5) is 8.78 Å². The molecular formula is C14H16F2O3S. The Hall–Kier alpha value is -1.43. The van der Waals surface area contributed by atoms with Crippen molar-refractivity contribution in [3.63, 3.8) is 0 Å². The zero-order valence-corrected chi connectivity index (χ0v) is 12.1. The number of aromatic carboxylic acids is 1. The number of hydrogen-bond acceptors (Lipinski definition) is 3. The molecule has 1 aromatic carbocycles. The summed E-state index contributed by atoms with van der Waals surface area (Å²) in [6.07, 6.45) is 2.53. The number of unbranched alkanes of at least 4 members (excludes halogenated alkanes) is 1. The Labute approximate surface area is 120 Å². The van der Waals surface area contributed by atoms with Gasteiger partial charge in [0, 0.05) is 12.0 Å². The van der Waals surface area contributed by atoms with Crippen LogP contribution < -0.4 is 0 Å². The first-order chi connectivity index (χ1) is 9.36. The van der Waals surface area contributed by atoms with Crippen LogP contribution in [0.2, 0.25) is 0 Å². The predicted octanol–water partition coefficient (Wildman–Crippen LogP) is 4.11. The number of thioether (sulfide) groups is 1. The number of carboxylic acid groups (broad SMARTS) is 1. The SMILES string of the molecule is CCCCC(C)C(=O)Sc1cc(C(=O)O)c(F)cc1F. The maximum atomic E-state index is 13.6. The van der Waals surface area contributed by atoms with Crippen LogP contribution in [0.25, 0.3) is 0 Å². The molecule has 3 nitrogen and oxygen atoms in total. The topological polar surface area (TPSA) is 54.4 Å². The van der Waals surface area contributed by atoms with Gasteiger partial charge in [0.2, 0.25) is 0 Å². The van der Waals surface area contributed by atoms with Crippen molar-refractivity contribution in [2.45, 2.75) is 38.0 Å². The van der Waals surface area contributed by atoms with Crippen LogP contribution in [0.15, 0.2) is 17.0 Å². The summed E-state index contributed by atoms with van der Waals surface area (Å²) in [4.78, 5) is 22.5. The molecule has 0 heterocycles. The lowest BCUT2D eigenvalue weighted by Crippen LogP contribution is -2.08. The Morgan fingerprint density at radius 2 is 1.95 bits per heavy atom. The molecule has 0 amide bonds. The summed E-state index contributed by atoms with van der Waals surface area (Å²) in [5, 5.41) is 8.53. The van der Waals surface area contributed by atoms with Gasteiger partial charge in [-0.1, -0.05) is 26.7 Å². The Kier molecular flexibility index (Phi) is 6.13. The van der Waals surface area contributed by atoms with E-state index < -0.39 is 23.2 Å². The fourth-order valence-corrected chi connectivity index (χ4v) is 2.48. The molecular weight excluding hydrogens is 286 g/mol. The van der Waals surface area contributed by atoms with E-state index in [9.17, 15) is 18.4 Å². The number of halogens is 2. The predicted molar refractivity (Wildman–Crippen MR) is 72.9 cm³/mol. The van der Waals surface area contributed by atoms with Crippen LogP contribution in [0, 0.1) is 17.6 Å². The highest BCUT2D eigenvalue weighted by Gasteiger charge is 2.20. The molecule has 0 bridgehead atoms. The Morgan fingerprint density at radius 1 is 1.30 bits per heavy atom. The molecule has 0 radical (unpaired) electrons. The Bertz CT molecular complexity index is 517. The molecule has 0 saturated carbocycles. The van der Waals surface area contributed by atoms with Crippen LogP contribution in [0.3, 0.4) is 0 Å². The molecule has 1 aromatic rings. The fourth-order valence-electron chi connectivity index (χ4n) is 1.61. The average Bonchev–Trinajstić information content (AvgIpc) is 2.38. The lowest BCUT2D eigenvalue weighted by molar-refractivity contribution is -0.114. The smallest absolute Gasteiger partial charge is 0.338 e. The summed E-state index contributed by atoms with van der Waals surface area (Å²) in [5.74, 6) is -3.81. The van der Waals surface area contributed by atoms with Crippen molar-refractivity contribution in [1.82, 2.24) is 0 Å². The summed E-state index contributed by atoms with van der Waals surface area (Å²) in [6.45, 7) is 3.74. The Balaban J connectivity index is 2.89. The normalized spacial score (nSPS) is 12.2. The van der Waals surface area contributed by atoms with E-state index in [4.69, 9.17) is 5.11 Å². The number of carbonyl (C=O) groups excluding carboxylic acids is 1. The van der Waals surface area contributed by atoms with E-state index in [1.54, 1.807) is 6.92 Å². The van der Waals surface area contributed by atoms with Crippen molar-refractivity contribution < 1.29 is 23.5 Å². The van der Waals surface area contributed by atoms with Gasteiger partial charge in [-0.05, 0) is 24.2 Å². The minimum Gasteiger partial charge on any atom is -0.478 e. The minimum atomic E-state index is -1.49. The van der Waals surface area contributed by atoms with Gasteiger partial charge in [0.25, 0.3) is 0 Å². The lowest BCUT2D eigenvalue weighted by atomic mass is 10.1. The third kappa shape index (κ3) is 4.30. The van der Waals surface area contributed by atoms with E-state index in [-0.39, 0.29) is 15.9 Å². The second kappa shape index (κ2) is 7.38. The first kappa shape index (κ1) is 16.6. The van der Waals surface area contributed by atoms with Gasteiger partial charge in [-0.3, -0.25) is 4.79 Å². The standard InChI is InChI=1S/C14H16F2O3S/c1-3-4-5-8(2)14(19)20-12-6-9(13(17)18)10(15)7-11(12)16/h6-8H,3-5H2,1-2H3,(H,17,18). The molecule has 1 N–H and O–H groups in total. The molecule has 0 saturated heterocycles. The van der Waals surface area contributed by atoms with Gasteiger partial charge < -0.3 is 5.11 Å². The molecule has 0 spiro atoms. The van der Waals surface area contributed by atoms with E-state index in [0.29, 0.717) is 24.2 Å². The van der Waals surface area contributed by atoms with E-state index in [2.05, 4.69) is 0 Å². The summed E-state index contributed by atoms with van der Waals surface area (Å²) < 4.78 is 26.8. The minimum absolute atomic E-state index is 0.155. The van der Waals surface area contributed by atoms with E-state index in [0.717, 1.165) is 18.9 Å². The number of rotatable bonds is 6. The second-order valence-corrected chi connectivity index (χ2v) is 5.58. The highest BCUT2D eigenvalue weighted by atomic mass is 32.2. The Morgan fingerprint density at radius 3 is 2.50 bits per heavy atom. The molecule has 1 rings (SSSR count). The molecule has 1 atom stereocenters. The molecule has 110 valence electrons. The first-order valence-electron chi connectivity index (χ1n) is 6.30. The summed E-state index contributed by atoms with van der Waals surface area (Å²) in [7, 11) is 0. The summed E-state index contributed by atoms with van der Waals surface area (Å²) in [5.41, 5.74) is -0.636. The van der Waals surface area contributed by atoms with Crippen molar-refractivity contribution >= 4 is 22.8 Å². The van der Waals surface area contributed by atoms with Gasteiger partial charge in [-0.2, -0.15) is 0 Å². The maximum Gasteiger partial charge on any atom is 0.338 e. The third-order valence-electron chi connectivity index (χ3n) is 2.86. The molecule has 0 aromatic heterocycles. The van der Waals surface area contributed by atoms with E-state index >= 15 is 0 Å². The number of benzene rings is 1. The zero-order valence-electron chi connectivity index (χ0n) is 11.3. The van der Waals surface area contributed by atoms with Crippen LogP contribution in [-0.4, -0.2) is 16.2 Å². The number of carbonyl (C=O) groups is 2. The van der Waals surface area contributed by atoms with Crippen molar-refractivity contribution in [3.05, 3.63) is 29.3 Å². The zero-order chi connectivity index (χ0) is 15.3. The van der Waals surface area contributed by atoms with Gasteiger partial charge in [0.15, 0.2) is 5.12 Å². The molecule has 0 fully saturated rings. The summed E-state index contributed by atoms with van der Waals surface area (Å²) in [6, 6.07) is 1.36. The quantitative estimate of drug-likeness (QED) is 0.804. The monoisotopic (exact) mass is 302 g/mol. The summed E-state index contributed by atoms with van der Waals surface area (Å²) >= 11 is 0.625. The molecule has 0 aliphatic rings. The second-order valence-electron chi connectivity index (χ2n) is 4.53.